The van der Waals surface area contributed by atoms with Crippen LogP contribution in [0.3, 0.4) is 0 Å². The number of aromatic nitrogens is 2. The predicted octanol–water partition coefficient (Wildman–Crippen LogP) is 2.82. The molecular formula is C16H15N2O4P. The van der Waals surface area contributed by atoms with Gasteiger partial charge < -0.3 is 14.2 Å². The largest absolute Gasteiger partial charge is 0.416 e. The first-order chi connectivity index (χ1) is 10.8. The molecule has 0 spiro atoms. The van der Waals surface area contributed by atoms with Gasteiger partial charge >= 0.3 is 7.60 Å². The highest BCUT2D eigenvalue weighted by Crippen LogP contribution is 2.38. The van der Waals surface area contributed by atoms with Crippen LogP contribution in [0.5, 0.6) is 0 Å². The molecule has 0 fully saturated rings. The third-order valence-corrected chi connectivity index (χ3v) is 4.42. The summed E-state index contributed by atoms with van der Waals surface area (Å²) in [6.45, 7) is 3.73. The van der Waals surface area contributed by atoms with Crippen molar-refractivity contribution < 1.29 is 18.8 Å². The third-order valence-electron chi connectivity index (χ3n) is 3.42. The quantitative estimate of drug-likeness (QED) is 0.717. The fourth-order valence-corrected chi connectivity index (χ4v) is 3.06. The summed E-state index contributed by atoms with van der Waals surface area (Å²) in [5.41, 5.74) is 2.84. The number of nitrogens with zero attached hydrogens (tertiary/aromatic N) is 2. The maximum absolute atomic E-state index is 11.7. The maximum Gasteiger partial charge on any atom is 0.357 e. The van der Waals surface area contributed by atoms with Crippen LogP contribution in [0.1, 0.15) is 11.1 Å². The lowest BCUT2D eigenvalue weighted by Gasteiger charge is -2.09. The van der Waals surface area contributed by atoms with Gasteiger partial charge in [0.1, 0.15) is 0 Å². The SMILES string of the molecule is Cc1ccc(-c2nnc(-c3ccc(C)cc3P(=O)(O)O)o2)cc1. The molecule has 118 valence electrons. The average Bonchev–Trinajstić information content (AvgIpc) is 2.96. The molecule has 1 heterocycles. The lowest BCUT2D eigenvalue weighted by Crippen LogP contribution is -2.08. The van der Waals surface area contributed by atoms with Crippen molar-refractivity contribution in [1.82, 2.24) is 10.2 Å². The van der Waals surface area contributed by atoms with E-state index in [1.165, 1.54) is 6.07 Å². The van der Waals surface area contributed by atoms with E-state index in [0.29, 0.717) is 5.89 Å². The van der Waals surface area contributed by atoms with Gasteiger partial charge in [0, 0.05) is 5.56 Å². The zero-order valence-electron chi connectivity index (χ0n) is 12.6. The second kappa shape index (κ2) is 5.74. The summed E-state index contributed by atoms with van der Waals surface area (Å²) in [5.74, 6) is 0.385. The Bertz CT molecular complexity index is 897. The Labute approximate surface area is 133 Å². The van der Waals surface area contributed by atoms with Crippen LogP contribution in [-0.4, -0.2) is 20.0 Å². The number of aryl methyl sites for hydroxylation is 2. The minimum atomic E-state index is -4.45. The predicted molar refractivity (Wildman–Crippen MR) is 86.3 cm³/mol. The van der Waals surface area contributed by atoms with Gasteiger partial charge in [-0.2, -0.15) is 0 Å². The number of rotatable bonds is 3. The van der Waals surface area contributed by atoms with Crippen molar-refractivity contribution in [3.8, 4) is 22.9 Å². The van der Waals surface area contributed by atoms with E-state index in [0.717, 1.165) is 16.7 Å². The highest BCUT2D eigenvalue weighted by atomic mass is 31.2. The van der Waals surface area contributed by atoms with Gasteiger partial charge in [0.15, 0.2) is 0 Å². The molecule has 1 aromatic heterocycles. The molecule has 6 nitrogen and oxygen atoms in total. The molecule has 3 rings (SSSR count). The van der Waals surface area contributed by atoms with Crippen LogP contribution in [0, 0.1) is 13.8 Å². The van der Waals surface area contributed by atoms with Gasteiger partial charge in [-0.25, -0.2) is 0 Å². The van der Waals surface area contributed by atoms with E-state index in [-0.39, 0.29) is 16.8 Å². The summed E-state index contributed by atoms with van der Waals surface area (Å²) in [7, 11) is -4.45. The van der Waals surface area contributed by atoms with Crippen molar-refractivity contribution >= 4 is 12.9 Å². The van der Waals surface area contributed by atoms with E-state index < -0.39 is 7.60 Å². The number of benzene rings is 2. The standard InChI is InChI=1S/C16H15N2O4P/c1-10-3-6-12(7-4-10)15-17-18-16(22-15)13-8-5-11(2)9-14(13)23(19,20)21/h3-9H,1-2H3,(H2,19,20,21). The Morgan fingerprint density at radius 1 is 0.913 bits per heavy atom. The molecule has 0 aliphatic rings. The molecule has 0 saturated carbocycles. The lowest BCUT2D eigenvalue weighted by atomic mass is 10.1. The molecule has 0 bridgehead atoms. The van der Waals surface area contributed by atoms with Gasteiger partial charge in [-0.1, -0.05) is 29.3 Å². The second-order valence-corrected chi connectivity index (χ2v) is 6.91. The lowest BCUT2D eigenvalue weighted by molar-refractivity contribution is 0.387. The Morgan fingerprint density at radius 2 is 1.52 bits per heavy atom. The molecule has 0 unspecified atom stereocenters. The first-order valence-electron chi connectivity index (χ1n) is 6.92. The number of hydrogen-bond donors (Lipinski definition) is 2. The normalized spacial score (nSPS) is 11.7. The highest BCUT2D eigenvalue weighted by molar-refractivity contribution is 7.60. The Kier molecular flexibility index (Phi) is 3.90. The molecule has 0 aliphatic carbocycles. The molecule has 7 heteroatoms. The fourth-order valence-electron chi connectivity index (χ4n) is 2.21. The zero-order valence-corrected chi connectivity index (χ0v) is 13.5. The van der Waals surface area contributed by atoms with E-state index >= 15 is 0 Å². The molecule has 3 aromatic rings. The van der Waals surface area contributed by atoms with Gasteiger partial charge in [0.25, 0.3) is 0 Å². The molecule has 23 heavy (non-hydrogen) atoms. The summed E-state index contributed by atoms with van der Waals surface area (Å²) in [4.78, 5) is 19.1. The number of hydrogen-bond acceptors (Lipinski definition) is 4. The molecule has 0 atom stereocenters. The van der Waals surface area contributed by atoms with Crippen molar-refractivity contribution in [3.63, 3.8) is 0 Å². The minimum Gasteiger partial charge on any atom is -0.416 e. The zero-order chi connectivity index (χ0) is 16.6. The molecule has 0 amide bonds. The molecule has 2 N–H and O–H groups in total. The van der Waals surface area contributed by atoms with Crippen molar-refractivity contribution in [2.45, 2.75) is 13.8 Å². The van der Waals surface area contributed by atoms with Gasteiger partial charge in [-0.3, -0.25) is 4.57 Å². The first kappa shape index (κ1) is 15.6. The van der Waals surface area contributed by atoms with Gasteiger partial charge in [0.05, 0.1) is 10.9 Å². The van der Waals surface area contributed by atoms with E-state index in [9.17, 15) is 14.4 Å². The Morgan fingerprint density at radius 3 is 2.17 bits per heavy atom. The van der Waals surface area contributed by atoms with E-state index in [2.05, 4.69) is 10.2 Å². The Hall–Kier alpha value is -2.27. The van der Waals surface area contributed by atoms with Crippen LogP contribution in [0.2, 0.25) is 0 Å². The second-order valence-electron chi connectivity index (χ2n) is 5.34. The summed E-state index contributed by atoms with van der Waals surface area (Å²) in [6, 6.07) is 12.3. The summed E-state index contributed by atoms with van der Waals surface area (Å²) in [6.07, 6.45) is 0. The van der Waals surface area contributed by atoms with Crippen LogP contribution >= 0.6 is 7.60 Å². The van der Waals surface area contributed by atoms with Crippen LogP contribution in [-0.2, 0) is 4.57 Å². The van der Waals surface area contributed by atoms with E-state index in [4.69, 9.17) is 4.42 Å². The average molecular weight is 330 g/mol. The summed E-state index contributed by atoms with van der Waals surface area (Å²) < 4.78 is 17.3. The molecule has 0 radical (unpaired) electrons. The topological polar surface area (TPSA) is 96.5 Å². The van der Waals surface area contributed by atoms with Crippen molar-refractivity contribution in [2.75, 3.05) is 0 Å². The Balaban J connectivity index is 2.07. The first-order valence-corrected chi connectivity index (χ1v) is 8.53. The maximum atomic E-state index is 11.7. The van der Waals surface area contributed by atoms with Crippen molar-refractivity contribution in [3.05, 3.63) is 53.6 Å². The molecular weight excluding hydrogens is 315 g/mol. The smallest absolute Gasteiger partial charge is 0.357 e. The highest BCUT2D eigenvalue weighted by Gasteiger charge is 2.25. The third kappa shape index (κ3) is 3.24. The summed E-state index contributed by atoms with van der Waals surface area (Å²) >= 11 is 0. The molecule has 0 aliphatic heterocycles. The monoisotopic (exact) mass is 330 g/mol. The minimum absolute atomic E-state index is 0.0823. The molecule has 2 aromatic carbocycles. The van der Waals surface area contributed by atoms with Gasteiger partial charge in [-0.05, 0) is 38.1 Å². The van der Waals surface area contributed by atoms with Gasteiger partial charge in [0.2, 0.25) is 11.8 Å². The van der Waals surface area contributed by atoms with Crippen molar-refractivity contribution in [1.29, 1.82) is 0 Å². The van der Waals surface area contributed by atoms with Crippen LogP contribution in [0.15, 0.2) is 46.9 Å². The fraction of sp³-hybridized carbons (Fsp3) is 0.125. The van der Waals surface area contributed by atoms with Crippen LogP contribution in [0.25, 0.3) is 22.9 Å². The summed E-state index contributed by atoms with van der Waals surface area (Å²) in [5, 5.41) is 7.78. The van der Waals surface area contributed by atoms with E-state index in [1.807, 2.05) is 31.2 Å². The molecule has 0 saturated heterocycles. The van der Waals surface area contributed by atoms with Gasteiger partial charge in [-0.15, -0.1) is 10.2 Å². The van der Waals surface area contributed by atoms with Crippen LogP contribution in [0.4, 0.5) is 0 Å². The van der Waals surface area contributed by atoms with E-state index in [1.54, 1.807) is 19.1 Å². The van der Waals surface area contributed by atoms with Crippen LogP contribution < -0.4 is 5.30 Å². The van der Waals surface area contributed by atoms with Crippen molar-refractivity contribution in [2.24, 2.45) is 0 Å².